The van der Waals surface area contributed by atoms with Crippen LogP contribution in [0.2, 0.25) is 0 Å². The first-order chi connectivity index (χ1) is 8.75. The number of hydrogen-bond acceptors (Lipinski definition) is 4. The summed E-state index contributed by atoms with van der Waals surface area (Å²) in [4.78, 5) is 26.0. The van der Waals surface area contributed by atoms with E-state index in [0.717, 1.165) is 6.42 Å². The van der Waals surface area contributed by atoms with Gasteiger partial charge in [-0.05, 0) is 27.2 Å². The maximum Gasteiger partial charge on any atom is 0.323 e. The molecule has 1 amide bonds. The van der Waals surface area contributed by atoms with Crippen molar-refractivity contribution < 1.29 is 19.4 Å². The molecule has 1 heterocycles. The maximum atomic E-state index is 11.9. The molecule has 0 aromatic heterocycles. The Morgan fingerprint density at radius 3 is 2.58 bits per heavy atom. The quantitative estimate of drug-likeness (QED) is 0.759. The van der Waals surface area contributed by atoms with E-state index < -0.39 is 5.97 Å². The molecule has 1 N–H and O–H groups in total. The smallest absolute Gasteiger partial charge is 0.323 e. The van der Waals surface area contributed by atoms with Crippen molar-refractivity contribution in [3.63, 3.8) is 0 Å². The summed E-state index contributed by atoms with van der Waals surface area (Å²) in [5, 5.41) is 8.72. The molecular weight excluding hydrogens is 248 g/mol. The second kappa shape index (κ2) is 6.34. The summed E-state index contributed by atoms with van der Waals surface area (Å²) in [6.07, 6.45) is 0.829. The predicted molar refractivity (Wildman–Crippen MR) is 71.0 cm³/mol. The van der Waals surface area contributed by atoms with E-state index in [1.807, 2.05) is 13.8 Å². The van der Waals surface area contributed by atoms with Crippen LogP contribution in [0.4, 0.5) is 0 Å². The van der Waals surface area contributed by atoms with Crippen LogP contribution < -0.4 is 0 Å². The number of nitrogens with zero attached hydrogens (tertiary/aromatic N) is 2. The second-order valence-electron chi connectivity index (χ2n) is 5.70. The molecule has 1 rings (SSSR count). The molecule has 110 valence electrons. The van der Waals surface area contributed by atoms with Crippen LogP contribution in [0, 0.1) is 0 Å². The highest BCUT2D eigenvalue weighted by atomic mass is 16.5. The van der Waals surface area contributed by atoms with Crippen molar-refractivity contribution in [3.8, 4) is 0 Å². The van der Waals surface area contributed by atoms with Crippen molar-refractivity contribution >= 4 is 11.9 Å². The predicted octanol–water partition coefficient (Wildman–Crippen LogP) is 0.419. The zero-order chi connectivity index (χ0) is 14.6. The van der Waals surface area contributed by atoms with Crippen molar-refractivity contribution in [2.75, 3.05) is 33.3 Å². The van der Waals surface area contributed by atoms with Crippen molar-refractivity contribution in [2.24, 2.45) is 0 Å². The number of hydrogen-bond donors (Lipinski definition) is 1. The Labute approximate surface area is 114 Å². The van der Waals surface area contributed by atoms with Gasteiger partial charge in [-0.15, -0.1) is 0 Å². The standard InChI is InChI=1S/C13H24N2O4/c1-10(7-13(2,3)19-4)14-5-6-15(9-12(17)18)11(16)8-14/h10H,5-9H2,1-4H3,(H,17,18). The number of rotatable bonds is 6. The van der Waals surface area contributed by atoms with Crippen LogP contribution in [-0.4, -0.2) is 71.7 Å². The molecule has 0 radical (unpaired) electrons. The normalized spacial score (nSPS) is 19.6. The summed E-state index contributed by atoms with van der Waals surface area (Å²) in [7, 11) is 1.68. The summed E-state index contributed by atoms with van der Waals surface area (Å²) < 4.78 is 5.40. The van der Waals surface area contributed by atoms with Crippen molar-refractivity contribution in [1.29, 1.82) is 0 Å². The minimum atomic E-state index is -0.963. The zero-order valence-corrected chi connectivity index (χ0v) is 12.2. The Morgan fingerprint density at radius 2 is 2.11 bits per heavy atom. The highest BCUT2D eigenvalue weighted by molar-refractivity contribution is 5.83. The fraction of sp³-hybridized carbons (Fsp3) is 0.846. The van der Waals surface area contributed by atoms with Gasteiger partial charge in [0.2, 0.25) is 5.91 Å². The van der Waals surface area contributed by atoms with Gasteiger partial charge >= 0.3 is 5.97 Å². The van der Waals surface area contributed by atoms with E-state index in [1.54, 1.807) is 7.11 Å². The number of aliphatic carboxylic acids is 1. The number of piperazine rings is 1. The van der Waals surface area contributed by atoms with Gasteiger partial charge in [0.25, 0.3) is 0 Å². The first-order valence-corrected chi connectivity index (χ1v) is 6.54. The first kappa shape index (κ1) is 15.9. The number of methoxy groups -OCH3 is 1. The lowest BCUT2D eigenvalue weighted by molar-refractivity contribution is -0.147. The summed E-state index contributed by atoms with van der Waals surface area (Å²) >= 11 is 0. The third-order valence-electron chi connectivity index (χ3n) is 3.64. The summed E-state index contributed by atoms with van der Waals surface area (Å²) in [6, 6.07) is 0.228. The van der Waals surface area contributed by atoms with Gasteiger partial charge in [0.15, 0.2) is 0 Å². The van der Waals surface area contributed by atoms with E-state index in [1.165, 1.54) is 4.90 Å². The molecule has 0 aliphatic carbocycles. The Kier molecular flexibility index (Phi) is 5.31. The molecule has 1 unspecified atom stereocenters. The Bertz CT molecular complexity index is 344. The molecule has 19 heavy (non-hydrogen) atoms. The number of carboxylic acid groups (broad SMARTS) is 1. The molecule has 1 aliphatic rings. The van der Waals surface area contributed by atoms with Crippen LogP contribution in [0.5, 0.6) is 0 Å². The molecule has 1 saturated heterocycles. The van der Waals surface area contributed by atoms with Gasteiger partial charge in [0.1, 0.15) is 6.54 Å². The molecule has 0 saturated carbocycles. The fourth-order valence-electron chi connectivity index (χ4n) is 2.36. The third kappa shape index (κ3) is 4.80. The van der Waals surface area contributed by atoms with Crippen molar-refractivity contribution in [3.05, 3.63) is 0 Å². The van der Waals surface area contributed by atoms with Crippen molar-refractivity contribution in [2.45, 2.75) is 38.8 Å². The van der Waals surface area contributed by atoms with Gasteiger partial charge in [-0.25, -0.2) is 0 Å². The Morgan fingerprint density at radius 1 is 1.47 bits per heavy atom. The van der Waals surface area contributed by atoms with Gasteiger partial charge < -0.3 is 14.7 Å². The highest BCUT2D eigenvalue weighted by Gasteiger charge is 2.30. The molecule has 1 atom stereocenters. The minimum Gasteiger partial charge on any atom is -0.480 e. The summed E-state index contributed by atoms with van der Waals surface area (Å²) in [5.41, 5.74) is -0.222. The van der Waals surface area contributed by atoms with Crippen LogP contribution in [0.1, 0.15) is 27.2 Å². The topological polar surface area (TPSA) is 70.1 Å². The van der Waals surface area contributed by atoms with Crippen LogP contribution in [0.15, 0.2) is 0 Å². The lowest BCUT2D eigenvalue weighted by Gasteiger charge is -2.39. The van der Waals surface area contributed by atoms with E-state index in [0.29, 0.717) is 13.1 Å². The molecule has 0 aromatic carbocycles. The van der Waals surface area contributed by atoms with E-state index in [4.69, 9.17) is 9.84 Å². The molecule has 1 fully saturated rings. The van der Waals surface area contributed by atoms with Crippen LogP contribution >= 0.6 is 0 Å². The largest absolute Gasteiger partial charge is 0.480 e. The average molecular weight is 272 g/mol. The molecule has 6 nitrogen and oxygen atoms in total. The number of amides is 1. The average Bonchev–Trinajstić information content (AvgIpc) is 2.30. The third-order valence-corrected chi connectivity index (χ3v) is 3.64. The molecule has 1 aliphatic heterocycles. The molecule has 0 aromatic rings. The SMILES string of the molecule is COC(C)(C)CC(C)N1CCN(CC(=O)O)C(=O)C1. The van der Waals surface area contributed by atoms with Crippen LogP contribution in [-0.2, 0) is 14.3 Å². The highest BCUT2D eigenvalue weighted by Crippen LogP contribution is 2.20. The van der Waals surface area contributed by atoms with Gasteiger partial charge in [-0.1, -0.05) is 0 Å². The van der Waals surface area contributed by atoms with Gasteiger partial charge in [0.05, 0.1) is 12.1 Å². The summed E-state index contributed by atoms with van der Waals surface area (Å²) in [5.74, 6) is -1.08. The summed E-state index contributed by atoms with van der Waals surface area (Å²) in [6.45, 7) is 7.38. The first-order valence-electron chi connectivity index (χ1n) is 6.54. The van der Waals surface area contributed by atoms with Gasteiger partial charge in [-0.2, -0.15) is 0 Å². The molecular formula is C13H24N2O4. The van der Waals surface area contributed by atoms with Crippen LogP contribution in [0.3, 0.4) is 0 Å². The Balaban J connectivity index is 2.51. The monoisotopic (exact) mass is 272 g/mol. The Hall–Kier alpha value is -1.14. The lowest BCUT2D eigenvalue weighted by Crippen LogP contribution is -2.54. The van der Waals surface area contributed by atoms with Crippen LogP contribution in [0.25, 0.3) is 0 Å². The molecule has 0 bridgehead atoms. The molecule has 0 spiro atoms. The van der Waals surface area contributed by atoms with E-state index >= 15 is 0 Å². The number of carboxylic acids is 1. The van der Waals surface area contributed by atoms with Gasteiger partial charge in [0, 0.05) is 26.2 Å². The minimum absolute atomic E-state index is 0.115. The lowest BCUT2D eigenvalue weighted by atomic mass is 9.98. The molecule has 6 heteroatoms. The maximum absolute atomic E-state index is 11.9. The van der Waals surface area contributed by atoms with E-state index in [-0.39, 0.29) is 30.6 Å². The van der Waals surface area contributed by atoms with Crippen molar-refractivity contribution in [1.82, 2.24) is 9.80 Å². The van der Waals surface area contributed by atoms with Gasteiger partial charge in [-0.3, -0.25) is 14.5 Å². The van der Waals surface area contributed by atoms with E-state index in [9.17, 15) is 9.59 Å². The zero-order valence-electron chi connectivity index (χ0n) is 12.2. The van der Waals surface area contributed by atoms with E-state index in [2.05, 4.69) is 11.8 Å². The second-order valence-corrected chi connectivity index (χ2v) is 5.70. The number of carbonyl (C=O) groups is 2. The number of carbonyl (C=O) groups excluding carboxylic acids is 1. The number of ether oxygens (including phenoxy) is 1. The fourth-order valence-corrected chi connectivity index (χ4v) is 2.36.